The maximum Gasteiger partial charge on any atom is 0.353 e. The molecule has 2 fully saturated rings. The zero-order valence-corrected chi connectivity index (χ0v) is 29.8. The van der Waals surface area contributed by atoms with E-state index in [0.717, 1.165) is 41.7 Å². The molecule has 12 heteroatoms. The maximum absolute atomic E-state index is 12.4. The fourth-order valence-electron chi connectivity index (χ4n) is 6.90. The Labute approximate surface area is 269 Å². The summed E-state index contributed by atoms with van der Waals surface area (Å²) in [5, 5.41) is 0. The monoisotopic (exact) mass is 663 g/mol. The molecule has 5 atom stereocenters. The van der Waals surface area contributed by atoms with Crippen LogP contribution in [0.25, 0.3) is 11.2 Å². The van der Waals surface area contributed by atoms with Crippen LogP contribution in [0.5, 0.6) is 0 Å². The Morgan fingerprint density at radius 3 is 2.59 bits per heavy atom. The Kier molecular flexibility index (Phi) is 14.1. The molecule has 4 unspecified atom stereocenters. The number of nitrogens with two attached hydrogens (primary N) is 1. The number of anilines is 1. The van der Waals surface area contributed by atoms with Crippen molar-refractivity contribution < 1.29 is 18.7 Å². The van der Waals surface area contributed by atoms with E-state index in [0.29, 0.717) is 23.5 Å². The third-order valence-electron chi connectivity index (χ3n) is 9.30. The topological polar surface area (TPSA) is 125 Å². The van der Waals surface area contributed by atoms with E-state index in [4.69, 9.17) is 15.0 Å². The van der Waals surface area contributed by atoms with Crippen LogP contribution in [0.4, 0.5) is 5.82 Å². The highest BCUT2D eigenvalue weighted by Crippen LogP contribution is 2.55. The van der Waals surface area contributed by atoms with Crippen molar-refractivity contribution in [3.63, 3.8) is 0 Å². The highest BCUT2D eigenvalue weighted by molar-refractivity contribution is 7.99. The largest absolute Gasteiger partial charge is 0.382 e. The molecule has 0 amide bonds. The van der Waals surface area contributed by atoms with Crippen LogP contribution >= 0.6 is 19.4 Å². The van der Waals surface area contributed by atoms with Crippen LogP contribution in [0.15, 0.2) is 12.7 Å². The average molecular weight is 664 g/mol. The van der Waals surface area contributed by atoms with Crippen molar-refractivity contribution in [2.45, 2.75) is 122 Å². The van der Waals surface area contributed by atoms with E-state index in [1.165, 1.54) is 77.0 Å². The standard InChI is InChI=1S/C32H54N5O4PSSi/c1-26(22-37-24-36-30-31(33)34-23-35-32(30)37)40-25-42(38,39)41-16-13-18-43-17-11-9-7-5-4-6-8-10-12-19-44(2,3)29-21-27-14-15-28(29)20-27/h23-24,26-29H,4-11,13-18,20-22,25H2,1-3H3,(H,38,39)(H2,33,34,35)/t26-,27?,28?,29?/m1/s1. The Morgan fingerprint density at radius 1 is 1.09 bits per heavy atom. The Hall–Kier alpha value is -1.41. The third-order valence-corrected chi connectivity index (χ3v) is 14.9. The first-order valence-corrected chi connectivity index (χ1v) is 22.7. The predicted octanol–water partition coefficient (Wildman–Crippen LogP) is 7.66. The lowest BCUT2D eigenvalue weighted by atomic mass is 10.0. The molecule has 2 aromatic rings. The van der Waals surface area contributed by atoms with Gasteiger partial charge >= 0.3 is 7.60 Å². The van der Waals surface area contributed by atoms with Gasteiger partial charge in [-0.3, -0.25) is 4.57 Å². The van der Waals surface area contributed by atoms with Crippen molar-refractivity contribution in [1.29, 1.82) is 0 Å². The number of fused-ring (bicyclic) bond motifs is 3. The summed E-state index contributed by atoms with van der Waals surface area (Å²) in [6.45, 7) is 7.53. The summed E-state index contributed by atoms with van der Waals surface area (Å²) >= 11 is 1.90. The van der Waals surface area contributed by atoms with E-state index < -0.39 is 15.7 Å². The molecule has 2 aromatic heterocycles. The molecule has 0 aliphatic heterocycles. The molecule has 44 heavy (non-hydrogen) atoms. The minimum Gasteiger partial charge on any atom is -0.382 e. The number of nitrogen functional groups attached to an aromatic ring is 1. The van der Waals surface area contributed by atoms with Crippen LogP contribution in [-0.2, 0) is 20.4 Å². The molecule has 3 N–H and O–H groups in total. The van der Waals surface area contributed by atoms with E-state index in [1.807, 2.05) is 18.7 Å². The molecule has 2 heterocycles. The molecule has 2 aliphatic rings. The van der Waals surface area contributed by atoms with Gasteiger partial charge in [-0.2, -0.15) is 11.8 Å². The molecule has 0 aromatic carbocycles. The normalized spacial score (nSPS) is 21.8. The van der Waals surface area contributed by atoms with Gasteiger partial charge in [0.25, 0.3) is 0 Å². The smallest absolute Gasteiger partial charge is 0.353 e. The van der Waals surface area contributed by atoms with Gasteiger partial charge in [-0.05, 0) is 67.9 Å². The SMILES string of the molecule is C[C@H](Cn1cnc2c(N)ncnc21)OCP(=O)(O)OCCCSCCCCCCCCCC#C[Si](C)(C)C1CC2CCC1C2. The van der Waals surface area contributed by atoms with Crippen LogP contribution in [0.3, 0.4) is 0 Å². The van der Waals surface area contributed by atoms with Gasteiger partial charge in [0.15, 0.2) is 11.5 Å². The lowest BCUT2D eigenvalue weighted by Gasteiger charge is -2.31. The van der Waals surface area contributed by atoms with Crippen LogP contribution < -0.4 is 5.73 Å². The quantitative estimate of drug-likeness (QED) is 0.0636. The van der Waals surface area contributed by atoms with Crippen molar-refractivity contribution in [1.82, 2.24) is 19.5 Å². The number of hydrogen-bond acceptors (Lipinski definition) is 8. The van der Waals surface area contributed by atoms with E-state index in [1.54, 1.807) is 10.9 Å². The van der Waals surface area contributed by atoms with E-state index >= 15 is 0 Å². The van der Waals surface area contributed by atoms with Crippen molar-refractivity contribution in [2.24, 2.45) is 11.8 Å². The molecule has 246 valence electrons. The number of imidazole rings is 1. The molecule has 0 spiro atoms. The highest BCUT2D eigenvalue weighted by Gasteiger charge is 2.46. The third kappa shape index (κ3) is 11.1. The van der Waals surface area contributed by atoms with E-state index in [-0.39, 0.29) is 19.1 Å². The van der Waals surface area contributed by atoms with Gasteiger partial charge in [0.1, 0.15) is 26.3 Å². The van der Waals surface area contributed by atoms with E-state index in [2.05, 4.69) is 39.5 Å². The minimum absolute atomic E-state index is 0.256. The first kappa shape index (κ1) is 35.4. The summed E-state index contributed by atoms with van der Waals surface area (Å²) < 4.78 is 25.0. The number of thioether (sulfide) groups is 1. The Balaban J connectivity index is 0.927. The van der Waals surface area contributed by atoms with Gasteiger partial charge < -0.3 is 24.5 Å². The van der Waals surface area contributed by atoms with Gasteiger partial charge in [-0.15, -0.1) is 11.5 Å². The predicted molar refractivity (Wildman–Crippen MR) is 184 cm³/mol. The van der Waals surface area contributed by atoms with Crippen LogP contribution in [0.1, 0.15) is 90.4 Å². The second kappa shape index (κ2) is 17.5. The molecule has 9 nitrogen and oxygen atoms in total. The van der Waals surface area contributed by atoms with Gasteiger partial charge in [-0.25, -0.2) is 15.0 Å². The first-order valence-electron chi connectivity index (χ1n) is 16.7. The summed E-state index contributed by atoms with van der Waals surface area (Å²) in [5.41, 5.74) is 11.7. The second-order valence-electron chi connectivity index (χ2n) is 13.4. The molecule has 4 rings (SSSR count). The van der Waals surface area contributed by atoms with Gasteiger partial charge in [-0.1, -0.05) is 58.0 Å². The molecule has 2 bridgehead atoms. The van der Waals surface area contributed by atoms with E-state index in [9.17, 15) is 9.46 Å². The van der Waals surface area contributed by atoms with Crippen molar-refractivity contribution in [3.8, 4) is 11.5 Å². The summed E-state index contributed by atoms with van der Waals surface area (Å²) in [5.74, 6) is 8.01. The summed E-state index contributed by atoms with van der Waals surface area (Å²) in [6, 6.07) is 0. The number of nitrogens with zero attached hydrogens (tertiary/aromatic N) is 4. The molecule has 0 saturated heterocycles. The van der Waals surface area contributed by atoms with Crippen LogP contribution in [0.2, 0.25) is 18.6 Å². The summed E-state index contributed by atoms with van der Waals surface area (Å²) in [6.07, 6.45) is 19.1. The lowest BCUT2D eigenvalue weighted by molar-refractivity contribution is 0.0718. The van der Waals surface area contributed by atoms with Crippen LogP contribution in [0, 0.1) is 23.3 Å². The Bertz CT molecular complexity index is 1280. The van der Waals surface area contributed by atoms with Crippen molar-refractivity contribution in [2.75, 3.05) is 30.2 Å². The van der Waals surface area contributed by atoms with Crippen molar-refractivity contribution >= 4 is 44.4 Å². The number of hydrogen-bond donors (Lipinski definition) is 2. The molecule has 0 radical (unpaired) electrons. The number of unbranched alkanes of at least 4 members (excludes halogenated alkanes) is 7. The molecule has 2 saturated carbocycles. The average Bonchev–Trinajstić information content (AvgIpc) is 3.73. The number of rotatable bonds is 20. The maximum atomic E-state index is 12.4. The lowest BCUT2D eigenvalue weighted by Crippen LogP contribution is -2.34. The minimum atomic E-state index is -3.80. The number of aromatic nitrogens is 4. The fraction of sp³-hybridized carbons (Fsp3) is 0.781. The number of ether oxygens (including phenoxy) is 1. The Morgan fingerprint density at radius 2 is 1.84 bits per heavy atom. The van der Waals surface area contributed by atoms with Gasteiger partial charge in [0.05, 0.1) is 25.6 Å². The molecular formula is C32H54N5O4PSSi. The molecular weight excluding hydrogens is 610 g/mol. The highest BCUT2D eigenvalue weighted by atomic mass is 32.2. The van der Waals surface area contributed by atoms with Crippen LogP contribution in [-0.4, -0.2) is 63.1 Å². The summed E-state index contributed by atoms with van der Waals surface area (Å²) in [7, 11) is -5.17. The zero-order valence-electron chi connectivity index (χ0n) is 27.1. The first-order chi connectivity index (χ1) is 21.1. The molecule has 2 aliphatic carbocycles. The second-order valence-corrected chi connectivity index (χ2v) is 20.9. The van der Waals surface area contributed by atoms with Gasteiger partial charge in [0, 0.05) is 6.42 Å². The van der Waals surface area contributed by atoms with Crippen molar-refractivity contribution in [3.05, 3.63) is 12.7 Å². The van der Waals surface area contributed by atoms with Gasteiger partial charge in [0.2, 0.25) is 0 Å². The summed E-state index contributed by atoms with van der Waals surface area (Å²) in [4.78, 5) is 22.5. The fourth-order valence-corrected chi connectivity index (χ4v) is 11.9. The zero-order chi connectivity index (χ0) is 31.4.